The molecule has 0 saturated heterocycles. The molecule has 1 unspecified atom stereocenters. The standard InChI is InChI=1S/C13H16Cl2N4/c1-3-6-16-12(11-5-4-9(14)7-17-11)13-10(15)8-18-19(13)2/h4-5,7-8,12,16H,3,6H2,1-2H3. The van der Waals surface area contributed by atoms with Crippen LogP contribution in [0, 0.1) is 0 Å². The summed E-state index contributed by atoms with van der Waals surface area (Å²) in [7, 11) is 1.87. The number of nitrogens with one attached hydrogen (secondary N) is 1. The van der Waals surface area contributed by atoms with Crippen LogP contribution < -0.4 is 5.32 Å². The average molecular weight is 299 g/mol. The van der Waals surface area contributed by atoms with Gasteiger partial charge in [-0.05, 0) is 25.1 Å². The van der Waals surface area contributed by atoms with Crippen molar-refractivity contribution in [2.24, 2.45) is 7.05 Å². The van der Waals surface area contributed by atoms with E-state index in [9.17, 15) is 0 Å². The van der Waals surface area contributed by atoms with Crippen LogP contribution in [-0.2, 0) is 7.05 Å². The summed E-state index contributed by atoms with van der Waals surface area (Å²) in [6, 6.07) is 3.64. The van der Waals surface area contributed by atoms with E-state index in [-0.39, 0.29) is 6.04 Å². The molecule has 0 radical (unpaired) electrons. The second-order valence-corrected chi connectivity index (χ2v) is 5.13. The van der Waals surface area contributed by atoms with Crippen molar-refractivity contribution in [1.29, 1.82) is 0 Å². The maximum Gasteiger partial charge on any atom is 0.0937 e. The molecule has 0 bridgehead atoms. The number of nitrogens with zero attached hydrogens (tertiary/aromatic N) is 3. The van der Waals surface area contributed by atoms with Gasteiger partial charge in [-0.15, -0.1) is 0 Å². The van der Waals surface area contributed by atoms with Gasteiger partial charge >= 0.3 is 0 Å². The minimum absolute atomic E-state index is 0.0859. The zero-order valence-electron chi connectivity index (χ0n) is 10.9. The summed E-state index contributed by atoms with van der Waals surface area (Å²) < 4.78 is 1.77. The summed E-state index contributed by atoms with van der Waals surface area (Å²) in [4.78, 5) is 4.38. The Hall–Kier alpha value is -1.10. The number of aromatic nitrogens is 3. The summed E-state index contributed by atoms with van der Waals surface area (Å²) in [5, 5.41) is 8.87. The van der Waals surface area contributed by atoms with Crippen LogP contribution in [0.1, 0.15) is 30.8 Å². The molecule has 0 aromatic carbocycles. The third-order valence-electron chi connectivity index (χ3n) is 2.86. The zero-order chi connectivity index (χ0) is 13.8. The molecule has 2 heterocycles. The predicted octanol–water partition coefficient (Wildman–Crippen LogP) is 3.21. The molecule has 1 atom stereocenters. The normalized spacial score (nSPS) is 12.6. The maximum atomic E-state index is 6.22. The molecule has 0 saturated carbocycles. The molecule has 0 spiro atoms. The molecule has 6 heteroatoms. The molecule has 102 valence electrons. The van der Waals surface area contributed by atoms with Gasteiger partial charge in [0.05, 0.1) is 33.7 Å². The smallest absolute Gasteiger partial charge is 0.0937 e. The van der Waals surface area contributed by atoms with Crippen molar-refractivity contribution in [3.63, 3.8) is 0 Å². The van der Waals surface area contributed by atoms with Crippen molar-refractivity contribution in [3.8, 4) is 0 Å². The lowest BCUT2D eigenvalue weighted by molar-refractivity contribution is 0.544. The fourth-order valence-corrected chi connectivity index (χ4v) is 2.32. The van der Waals surface area contributed by atoms with E-state index in [1.54, 1.807) is 17.1 Å². The van der Waals surface area contributed by atoms with Crippen LogP contribution in [0.2, 0.25) is 10.0 Å². The van der Waals surface area contributed by atoms with E-state index in [1.807, 2.05) is 19.2 Å². The first-order valence-corrected chi connectivity index (χ1v) is 6.91. The van der Waals surface area contributed by atoms with E-state index in [1.165, 1.54) is 0 Å². The minimum atomic E-state index is -0.0859. The van der Waals surface area contributed by atoms with Gasteiger partial charge in [0.25, 0.3) is 0 Å². The third-order valence-corrected chi connectivity index (χ3v) is 3.37. The molecule has 0 aliphatic rings. The molecule has 0 aliphatic heterocycles. The Balaban J connectivity index is 2.38. The fraction of sp³-hybridized carbons (Fsp3) is 0.385. The van der Waals surface area contributed by atoms with Crippen molar-refractivity contribution in [3.05, 3.63) is 46.0 Å². The Morgan fingerprint density at radius 1 is 1.32 bits per heavy atom. The third kappa shape index (κ3) is 3.26. The summed E-state index contributed by atoms with van der Waals surface area (Å²) in [5.74, 6) is 0. The minimum Gasteiger partial charge on any atom is -0.304 e. The van der Waals surface area contributed by atoms with Gasteiger partial charge in [0, 0.05) is 13.2 Å². The summed E-state index contributed by atoms with van der Waals surface area (Å²) in [6.45, 7) is 2.99. The molecule has 0 fully saturated rings. The molecular weight excluding hydrogens is 283 g/mol. The molecule has 2 aromatic rings. The zero-order valence-corrected chi connectivity index (χ0v) is 12.4. The van der Waals surface area contributed by atoms with E-state index in [4.69, 9.17) is 23.2 Å². The van der Waals surface area contributed by atoms with E-state index in [0.717, 1.165) is 24.4 Å². The number of hydrogen-bond donors (Lipinski definition) is 1. The molecular formula is C13H16Cl2N4. The lowest BCUT2D eigenvalue weighted by atomic mass is 10.1. The second kappa shape index (κ2) is 6.37. The first-order chi connectivity index (χ1) is 9.13. The largest absolute Gasteiger partial charge is 0.304 e. The van der Waals surface area contributed by atoms with Gasteiger partial charge in [0.15, 0.2) is 0 Å². The van der Waals surface area contributed by atoms with Crippen LogP contribution in [0.5, 0.6) is 0 Å². The van der Waals surface area contributed by atoms with Crippen molar-refractivity contribution < 1.29 is 0 Å². The number of halogens is 2. The Morgan fingerprint density at radius 2 is 2.11 bits per heavy atom. The second-order valence-electron chi connectivity index (χ2n) is 4.29. The van der Waals surface area contributed by atoms with E-state index in [2.05, 4.69) is 22.3 Å². The first kappa shape index (κ1) is 14.3. The Bertz CT molecular complexity index is 517. The van der Waals surface area contributed by atoms with Crippen LogP contribution in [0.15, 0.2) is 24.5 Å². The molecule has 0 aliphatic carbocycles. The highest BCUT2D eigenvalue weighted by molar-refractivity contribution is 6.31. The van der Waals surface area contributed by atoms with Gasteiger partial charge < -0.3 is 5.32 Å². The molecule has 19 heavy (non-hydrogen) atoms. The van der Waals surface area contributed by atoms with Crippen LogP contribution in [0.3, 0.4) is 0 Å². The summed E-state index contributed by atoms with van der Waals surface area (Å²) in [6.07, 6.45) is 4.31. The highest BCUT2D eigenvalue weighted by Gasteiger charge is 2.21. The number of hydrogen-bond acceptors (Lipinski definition) is 3. The first-order valence-electron chi connectivity index (χ1n) is 6.15. The van der Waals surface area contributed by atoms with E-state index < -0.39 is 0 Å². The van der Waals surface area contributed by atoms with Gasteiger partial charge in [0.2, 0.25) is 0 Å². The Labute approximate surface area is 122 Å². The van der Waals surface area contributed by atoms with E-state index in [0.29, 0.717) is 10.0 Å². The van der Waals surface area contributed by atoms with Crippen LogP contribution in [0.4, 0.5) is 0 Å². The lowest BCUT2D eigenvalue weighted by Crippen LogP contribution is -2.26. The SMILES string of the molecule is CCCNC(c1ccc(Cl)cn1)c1c(Cl)cnn1C. The lowest BCUT2D eigenvalue weighted by Gasteiger charge is -2.19. The molecule has 0 amide bonds. The average Bonchev–Trinajstić information content (AvgIpc) is 2.73. The quantitative estimate of drug-likeness (QED) is 0.922. The topological polar surface area (TPSA) is 42.7 Å². The summed E-state index contributed by atoms with van der Waals surface area (Å²) >= 11 is 12.1. The number of aryl methyl sites for hydroxylation is 1. The number of pyridine rings is 1. The highest BCUT2D eigenvalue weighted by Crippen LogP contribution is 2.27. The van der Waals surface area contributed by atoms with Crippen molar-refractivity contribution in [1.82, 2.24) is 20.1 Å². The van der Waals surface area contributed by atoms with Crippen LogP contribution in [-0.4, -0.2) is 21.3 Å². The van der Waals surface area contributed by atoms with Gasteiger partial charge in [-0.2, -0.15) is 5.10 Å². The van der Waals surface area contributed by atoms with Crippen LogP contribution in [0.25, 0.3) is 0 Å². The van der Waals surface area contributed by atoms with Crippen molar-refractivity contribution >= 4 is 23.2 Å². The van der Waals surface area contributed by atoms with Crippen molar-refractivity contribution in [2.75, 3.05) is 6.54 Å². The van der Waals surface area contributed by atoms with Gasteiger partial charge in [-0.3, -0.25) is 9.67 Å². The monoisotopic (exact) mass is 298 g/mol. The summed E-state index contributed by atoms with van der Waals surface area (Å²) in [5.41, 5.74) is 1.79. The Morgan fingerprint density at radius 3 is 2.63 bits per heavy atom. The van der Waals surface area contributed by atoms with Gasteiger partial charge in [-0.1, -0.05) is 30.1 Å². The van der Waals surface area contributed by atoms with E-state index >= 15 is 0 Å². The highest BCUT2D eigenvalue weighted by atomic mass is 35.5. The van der Waals surface area contributed by atoms with Gasteiger partial charge in [-0.25, -0.2) is 0 Å². The number of rotatable bonds is 5. The molecule has 4 nitrogen and oxygen atoms in total. The molecule has 2 rings (SSSR count). The fourth-order valence-electron chi connectivity index (χ4n) is 1.93. The van der Waals surface area contributed by atoms with Crippen LogP contribution >= 0.6 is 23.2 Å². The molecule has 1 N–H and O–H groups in total. The van der Waals surface area contributed by atoms with Gasteiger partial charge in [0.1, 0.15) is 0 Å². The molecule has 2 aromatic heterocycles. The predicted molar refractivity (Wildman–Crippen MR) is 77.6 cm³/mol. The maximum absolute atomic E-state index is 6.22. The Kier molecular flexibility index (Phi) is 4.80. The van der Waals surface area contributed by atoms with Crippen molar-refractivity contribution in [2.45, 2.75) is 19.4 Å².